The number of aliphatic hydroxyl groups is 1. The first-order valence-corrected chi connectivity index (χ1v) is 5.98. The van der Waals surface area contributed by atoms with Crippen LogP contribution >= 0.6 is 0 Å². The summed E-state index contributed by atoms with van der Waals surface area (Å²) < 4.78 is 0. The van der Waals surface area contributed by atoms with Crippen LogP contribution in [0.15, 0.2) is 6.07 Å². The fraction of sp³-hybridized carbons (Fsp3) is 0.636. The molecule has 1 fully saturated rings. The molecular formula is C11H19N5O. The van der Waals surface area contributed by atoms with Gasteiger partial charge in [0.05, 0.1) is 0 Å². The summed E-state index contributed by atoms with van der Waals surface area (Å²) in [6.45, 7) is 1.12. The Balaban J connectivity index is 2.22. The predicted octanol–water partition coefficient (Wildman–Crippen LogP) is 0.382. The number of nitrogens with two attached hydrogens (primary N) is 2. The predicted molar refractivity (Wildman–Crippen MR) is 67.5 cm³/mol. The number of nitrogens with zero attached hydrogens (tertiary/aromatic N) is 3. The van der Waals surface area contributed by atoms with Gasteiger partial charge in [-0.25, -0.2) is 0 Å². The van der Waals surface area contributed by atoms with E-state index >= 15 is 0 Å². The summed E-state index contributed by atoms with van der Waals surface area (Å²) in [6.07, 6.45) is 4.15. The molecule has 0 aromatic carbocycles. The van der Waals surface area contributed by atoms with E-state index in [1.807, 2.05) is 0 Å². The molecule has 6 nitrogen and oxygen atoms in total. The number of hydrogen-bond acceptors (Lipinski definition) is 6. The van der Waals surface area contributed by atoms with Crippen LogP contribution in [0, 0.1) is 0 Å². The van der Waals surface area contributed by atoms with Gasteiger partial charge in [-0.2, -0.15) is 9.97 Å². The van der Waals surface area contributed by atoms with Crippen LogP contribution in [0.2, 0.25) is 0 Å². The van der Waals surface area contributed by atoms with Crippen molar-refractivity contribution in [3.63, 3.8) is 0 Å². The van der Waals surface area contributed by atoms with E-state index in [9.17, 15) is 0 Å². The molecule has 0 amide bonds. The van der Waals surface area contributed by atoms with Crippen LogP contribution in [-0.4, -0.2) is 34.3 Å². The average Bonchev–Trinajstić information content (AvgIpc) is 2.29. The number of piperidine rings is 1. The topological polar surface area (TPSA) is 101 Å². The van der Waals surface area contributed by atoms with Crippen LogP contribution in [0.5, 0.6) is 0 Å². The largest absolute Gasteiger partial charge is 0.396 e. The fourth-order valence-electron chi connectivity index (χ4n) is 2.37. The van der Waals surface area contributed by atoms with E-state index < -0.39 is 0 Å². The molecule has 0 radical (unpaired) electrons. The standard InChI is InChI=1S/C11H19N5O/c12-9-7-10(15-11(13)14-9)16-5-2-1-3-8(16)4-6-17/h7-8,17H,1-6H2,(H4,12,13,14,15). The molecule has 1 aliphatic rings. The molecular weight excluding hydrogens is 218 g/mol. The van der Waals surface area contributed by atoms with E-state index in [1.54, 1.807) is 6.07 Å². The molecule has 94 valence electrons. The Bertz CT molecular complexity index is 362. The van der Waals surface area contributed by atoms with Gasteiger partial charge < -0.3 is 21.5 Å². The molecule has 17 heavy (non-hydrogen) atoms. The van der Waals surface area contributed by atoms with Crippen molar-refractivity contribution in [2.75, 3.05) is 29.5 Å². The van der Waals surface area contributed by atoms with E-state index in [1.165, 1.54) is 6.42 Å². The van der Waals surface area contributed by atoms with Crippen LogP contribution in [0.4, 0.5) is 17.6 Å². The van der Waals surface area contributed by atoms with Crippen molar-refractivity contribution in [3.05, 3.63) is 6.07 Å². The van der Waals surface area contributed by atoms with E-state index in [-0.39, 0.29) is 12.6 Å². The van der Waals surface area contributed by atoms with Crippen LogP contribution in [0.25, 0.3) is 0 Å². The van der Waals surface area contributed by atoms with Crippen molar-refractivity contribution >= 4 is 17.6 Å². The first kappa shape index (κ1) is 11.9. The molecule has 0 aliphatic carbocycles. The molecule has 1 unspecified atom stereocenters. The van der Waals surface area contributed by atoms with Gasteiger partial charge >= 0.3 is 0 Å². The van der Waals surface area contributed by atoms with E-state index in [0.717, 1.165) is 31.6 Å². The van der Waals surface area contributed by atoms with E-state index in [4.69, 9.17) is 16.6 Å². The maximum atomic E-state index is 9.08. The monoisotopic (exact) mass is 237 g/mol. The molecule has 1 saturated heterocycles. The van der Waals surface area contributed by atoms with Gasteiger partial charge in [-0.05, 0) is 25.7 Å². The minimum absolute atomic E-state index is 0.192. The number of nitrogen functional groups attached to an aromatic ring is 2. The van der Waals surface area contributed by atoms with E-state index in [2.05, 4.69) is 14.9 Å². The highest BCUT2D eigenvalue weighted by molar-refractivity contribution is 5.51. The van der Waals surface area contributed by atoms with Gasteiger partial charge in [-0.15, -0.1) is 0 Å². The second-order valence-corrected chi connectivity index (χ2v) is 4.36. The summed E-state index contributed by atoms with van der Waals surface area (Å²) in [7, 11) is 0. The minimum Gasteiger partial charge on any atom is -0.396 e. The van der Waals surface area contributed by atoms with Gasteiger partial charge in [0.15, 0.2) is 0 Å². The lowest BCUT2D eigenvalue weighted by Crippen LogP contribution is -2.40. The molecule has 0 saturated carbocycles. The highest BCUT2D eigenvalue weighted by Gasteiger charge is 2.23. The molecule has 5 N–H and O–H groups in total. The Labute approximate surface area is 101 Å². The second-order valence-electron chi connectivity index (χ2n) is 4.36. The third-order valence-electron chi connectivity index (χ3n) is 3.13. The maximum Gasteiger partial charge on any atom is 0.223 e. The van der Waals surface area contributed by atoms with Crippen LogP contribution < -0.4 is 16.4 Å². The smallest absolute Gasteiger partial charge is 0.223 e. The lowest BCUT2D eigenvalue weighted by atomic mass is 10.00. The summed E-state index contributed by atoms with van der Waals surface area (Å²) in [5.74, 6) is 1.36. The number of anilines is 3. The normalized spacial score (nSPS) is 20.5. The lowest BCUT2D eigenvalue weighted by Gasteiger charge is -2.36. The van der Waals surface area contributed by atoms with Crippen molar-refractivity contribution in [2.45, 2.75) is 31.7 Å². The first-order chi connectivity index (χ1) is 8.20. The summed E-state index contributed by atoms with van der Waals surface area (Å²) in [6, 6.07) is 2.06. The molecule has 2 rings (SSSR count). The maximum absolute atomic E-state index is 9.08. The van der Waals surface area contributed by atoms with Crippen LogP contribution in [0.1, 0.15) is 25.7 Å². The van der Waals surface area contributed by atoms with Gasteiger partial charge in [-0.3, -0.25) is 0 Å². The molecule has 1 atom stereocenters. The Morgan fingerprint density at radius 3 is 2.88 bits per heavy atom. The zero-order valence-corrected chi connectivity index (χ0v) is 9.84. The van der Waals surface area contributed by atoms with E-state index in [0.29, 0.717) is 11.9 Å². The molecule has 1 aliphatic heterocycles. The number of hydrogen-bond donors (Lipinski definition) is 3. The first-order valence-electron chi connectivity index (χ1n) is 5.98. The lowest BCUT2D eigenvalue weighted by molar-refractivity contribution is 0.262. The summed E-state index contributed by atoms with van der Waals surface area (Å²) in [4.78, 5) is 10.3. The van der Waals surface area contributed by atoms with Crippen molar-refractivity contribution in [3.8, 4) is 0 Å². The van der Waals surface area contributed by atoms with Crippen molar-refractivity contribution in [2.24, 2.45) is 0 Å². The van der Waals surface area contributed by atoms with Gasteiger partial charge in [0.2, 0.25) is 5.95 Å². The van der Waals surface area contributed by atoms with Gasteiger partial charge in [-0.1, -0.05) is 0 Å². The molecule has 1 aromatic heterocycles. The minimum atomic E-state index is 0.192. The van der Waals surface area contributed by atoms with Crippen molar-refractivity contribution in [1.82, 2.24) is 9.97 Å². The van der Waals surface area contributed by atoms with Gasteiger partial charge in [0.25, 0.3) is 0 Å². The quantitative estimate of drug-likeness (QED) is 0.702. The van der Waals surface area contributed by atoms with Crippen molar-refractivity contribution < 1.29 is 5.11 Å². The Morgan fingerprint density at radius 2 is 2.18 bits per heavy atom. The molecule has 1 aromatic rings. The summed E-state index contributed by atoms with van der Waals surface area (Å²) >= 11 is 0. The van der Waals surface area contributed by atoms with Crippen LogP contribution in [0.3, 0.4) is 0 Å². The Hall–Kier alpha value is -1.56. The highest BCUT2D eigenvalue weighted by Crippen LogP contribution is 2.26. The number of aromatic nitrogens is 2. The van der Waals surface area contributed by atoms with Crippen molar-refractivity contribution in [1.29, 1.82) is 0 Å². The molecule has 2 heterocycles. The number of rotatable bonds is 3. The summed E-state index contributed by atoms with van der Waals surface area (Å²) in [5, 5.41) is 9.08. The molecule has 0 spiro atoms. The summed E-state index contributed by atoms with van der Waals surface area (Å²) in [5.41, 5.74) is 11.3. The number of aliphatic hydroxyl groups excluding tert-OH is 1. The van der Waals surface area contributed by atoms with Gasteiger partial charge in [0.1, 0.15) is 11.6 Å². The zero-order valence-electron chi connectivity index (χ0n) is 9.84. The Morgan fingerprint density at radius 1 is 1.35 bits per heavy atom. The second kappa shape index (κ2) is 5.18. The fourth-order valence-corrected chi connectivity index (χ4v) is 2.37. The average molecular weight is 237 g/mol. The zero-order chi connectivity index (χ0) is 12.3. The SMILES string of the molecule is Nc1cc(N2CCCCC2CCO)nc(N)n1. The highest BCUT2D eigenvalue weighted by atomic mass is 16.3. The van der Waals surface area contributed by atoms with Crippen LogP contribution in [-0.2, 0) is 0 Å². The van der Waals surface area contributed by atoms with Gasteiger partial charge in [0, 0.05) is 25.3 Å². The molecule has 6 heteroatoms. The Kier molecular flexibility index (Phi) is 3.63. The molecule has 0 bridgehead atoms. The third-order valence-corrected chi connectivity index (χ3v) is 3.13. The third kappa shape index (κ3) is 2.76.